The standard InChI is InChI=1S/C7H11F6O5P/c1-16-5(14)2-19(15,17-3-6(8,9)10)18-4-7(11,12)13/h15,19H,2-4H2,1H3. The molecule has 0 aromatic rings. The third kappa shape index (κ3) is 9.88. The van der Waals surface area contributed by atoms with E-state index in [0.717, 1.165) is 7.11 Å². The van der Waals surface area contributed by atoms with Gasteiger partial charge >= 0.3 is 103 Å². The number of hydrogen-bond donors (Lipinski definition) is 1. The van der Waals surface area contributed by atoms with E-state index >= 15 is 0 Å². The average molecular weight is 320 g/mol. The fourth-order valence-electron chi connectivity index (χ4n) is 0.787. The first kappa shape index (κ1) is 18.4. The van der Waals surface area contributed by atoms with Crippen LogP contribution in [0.3, 0.4) is 0 Å². The van der Waals surface area contributed by atoms with Crippen LogP contribution in [0.4, 0.5) is 26.3 Å². The van der Waals surface area contributed by atoms with Gasteiger partial charge in [0.05, 0.1) is 0 Å². The van der Waals surface area contributed by atoms with Crippen molar-refractivity contribution in [2.24, 2.45) is 0 Å². The molecule has 0 heterocycles. The molecule has 12 heteroatoms. The van der Waals surface area contributed by atoms with Crippen LogP contribution in [0, 0.1) is 0 Å². The molecule has 0 bridgehead atoms. The van der Waals surface area contributed by atoms with E-state index in [0.29, 0.717) is 0 Å². The van der Waals surface area contributed by atoms with E-state index in [1.54, 1.807) is 0 Å². The van der Waals surface area contributed by atoms with Crippen molar-refractivity contribution in [2.75, 3.05) is 26.5 Å². The molecule has 0 spiro atoms. The maximum atomic E-state index is 11.9. The molecular weight excluding hydrogens is 309 g/mol. The summed E-state index contributed by atoms with van der Waals surface area (Å²) in [5, 5.41) is 0. The molecule has 0 aliphatic rings. The van der Waals surface area contributed by atoms with E-state index in [9.17, 15) is 36.0 Å². The van der Waals surface area contributed by atoms with Gasteiger partial charge in [-0.3, -0.25) is 0 Å². The zero-order valence-corrected chi connectivity index (χ0v) is 10.5. The minimum absolute atomic E-state index is 0.838. The van der Waals surface area contributed by atoms with Gasteiger partial charge in [0.25, 0.3) is 0 Å². The minimum atomic E-state index is -4.97. The SMILES string of the molecule is COC(=O)C[PH](O)(OCC(F)(F)F)OCC(F)(F)F. The predicted molar refractivity (Wildman–Crippen MR) is 51.4 cm³/mol. The molecule has 0 amide bonds. The van der Waals surface area contributed by atoms with E-state index in [1.807, 2.05) is 0 Å². The molecule has 0 aliphatic heterocycles. The van der Waals surface area contributed by atoms with Gasteiger partial charge < -0.3 is 0 Å². The molecule has 19 heavy (non-hydrogen) atoms. The second-order valence-electron chi connectivity index (χ2n) is 3.27. The van der Waals surface area contributed by atoms with Gasteiger partial charge in [-0.25, -0.2) is 0 Å². The first-order valence-electron chi connectivity index (χ1n) is 4.57. The Balaban J connectivity index is 4.66. The van der Waals surface area contributed by atoms with Crippen molar-refractivity contribution in [3.05, 3.63) is 0 Å². The van der Waals surface area contributed by atoms with Gasteiger partial charge in [-0.15, -0.1) is 0 Å². The molecular formula is C7H11F6O5P. The van der Waals surface area contributed by atoms with Crippen molar-refractivity contribution in [3.63, 3.8) is 0 Å². The van der Waals surface area contributed by atoms with Crippen molar-refractivity contribution in [2.45, 2.75) is 12.4 Å². The van der Waals surface area contributed by atoms with Crippen molar-refractivity contribution in [1.29, 1.82) is 0 Å². The topological polar surface area (TPSA) is 65.0 Å². The first-order chi connectivity index (χ1) is 8.37. The molecule has 0 radical (unpaired) electrons. The monoisotopic (exact) mass is 320 g/mol. The van der Waals surface area contributed by atoms with Crippen LogP contribution < -0.4 is 0 Å². The van der Waals surface area contributed by atoms with Crippen molar-refractivity contribution in [3.8, 4) is 0 Å². The van der Waals surface area contributed by atoms with Gasteiger partial charge in [0, 0.05) is 0 Å². The fraction of sp³-hybridized carbons (Fsp3) is 0.857. The molecule has 0 saturated carbocycles. The molecule has 0 aromatic heterocycles. The summed E-state index contributed by atoms with van der Waals surface area (Å²) in [7, 11) is -4.13. The third-order valence-electron chi connectivity index (χ3n) is 1.52. The Morgan fingerprint density at radius 2 is 1.42 bits per heavy atom. The number of carbonyl (C=O) groups excluding carboxylic acids is 1. The van der Waals surface area contributed by atoms with Crippen LogP contribution in [0.15, 0.2) is 0 Å². The molecule has 0 aliphatic carbocycles. The van der Waals surface area contributed by atoms with Gasteiger partial charge in [0.2, 0.25) is 0 Å². The number of halogens is 6. The summed E-state index contributed by atoms with van der Waals surface area (Å²) in [4.78, 5) is 20.2. The summed E-state index contributed by atoms with van der Waals surface area (Å²) in [6, 6.07) is 0. The van der Waals surface area contributed by atoms with E-state index < -0.39 is 45.6 Å². The summed E-state index contributed by atoms with van der Waals surface area (Å²) in [5.74, 6) is -1.25. The Bertz CT molecular complexity index is 285. The summed E-state index contributed by atoms with van der Waals surface area (Å²) in [5.41, 5.74) is 0. The number of rotatable bonds is 6. The Kier molecular flexibility index (Phi) is 6.46. The molecule has 0 saturated heterocycles. The molecule has 5 nitrogen and oxygen atoms in total. The van der Waals surface area contributed by atoms with Crippen LogP contribution in [-0.2, 0) is 18.6 Å². The van der Waals surface area contributed by atoms with Crippen molar-refractivity contribution < 1.29 is 49.8 Å². The summed E-state index contributed by atoms with van der Waals surface area (Å²) >= 11 is 0. The van der Waals surface area contributed by atoms with Crippen LogP contribution in [0.25, 0.3) is 0 Å². The summed E-state index contributed by atoms with van der Waals surface area (Å²) in [6.45, 7) is -4.07. The van der Waals surface area contributed by atoms with Crippen LogP contribution in [0.2, 0.25) is 0 Å². The molecule has 0 aromatic carbocycles. The number of esters is 1. The molecule has 0 fully saturated rings. The van der Waals surface area contributed by atoms with Crippen LogP contribution in [0.5, 0.6) is 0 Å². The van der Waals surface area contributed by atoms with Crippen LogP contribution in [0.1, 0.15) is 0 Å². The zero-order chi connectivity index (χ0) is 15.3. The zero-order valence-electron chi connectivity index (χ0n) is 9.47. The van der Waals surface area contributed by atoms with Crippen molar-refractivity contribution in [1.82, 2.24) is 0 Å². The van der Waals surface area contributed by atoms with E-state index in [1.165, 1.54) is 0 Å². The number of ether oxygens (including phenoxy) is 1. The Morgan fingerprint density at radius 1 is 1.05 bits per heavy atom. The predicted octanol–water partition coefficient (Wildman–Crippen LogP) is 1.80. The Hall–Kier alpha value is -0.640. The summed E-state index contributed by atoms with van der Waals surface area (Å²) in [6.07, 6.45) is -11.0. The Labute approximate surface area is 104 Å². The van der Waals surface area contributed by atoms with Crippen LogP contribution >= 0.6 is 7.94 Å². The fourth-order valence-corrected chi connectivity index (χ4v) is 2.36. The average Bonchev–Trinajstić information content (AvgIpc) is 2.22. The third-order valence-corrected chi connectivity index (χ3v) is 3.44. The second kappa shape index (κ2) is 6.69. The van der Waals surface area contributed by atoms with Crippen molar-refractivity contribution >= 4 is 13.9 Å². The number of alkyl halides is 6. The van der Waals surface area contributed by atoms with E-state index in [-0.39, 0.29) is 0 Å². The van der Waals surface area contributed by atoms with E-state index in [2.05, 4.69) is 13.8 Å². The molecule has 116 valence electrons. The van der Waals surface area contributed by atoms with Gasteiger partial charge in [0.1, 0.15) is 0 Å². The van der Waals surface area contributed by atoms with Gasteiger partial charge in [-0.2, -0.15) is 0 Å². The number of methoxy groups -OCH3 is 1. The quantitative estimate of drug-likeness (QED) is 0.459. The molecule has 0 unspecified atom stereocenters. The molecule has 0 atom stereocenters. The number of hydrogen-bond acceptors (Lipinski definition) is 5. The first-order valence-corrected chi connectivity index (χ1v) is 6.54. The normalized spacial score (nSPS) is 14.3. The molecule has 0 rings (SSSR count). The van der Waals surface area contributed by atoms with Gasteiger partial charge in [-0.1, -0.05) is 0 Å². The van der Waals surface area contributed by atoms with Gasteiger partial charge in [0.15, 0.2) is 0 Å². The maximum absolute atomic E-state index is 11.9. The van der Waals surface area contributed by atoms with Crippen LogP contribution in [-0.4, -0.2) is 49.7 Å². The second-order valence-corrected chi connectivity index (χ2v) is 5.63. The molecule has 1 N–H and O–H groups in total. The number of carbonyl (C=O) groups is 1. The Morgan fingerprint density at radius 3 is 1.68 bits per heavy atom. The summed E-state index contributed by atoms with van der Waals surface area (Å²) < 4.78 is 83.1. The van der Waals surface area contributed by atoms with E-state index in [4.69, 9.17) is 0 Å². The van der Waals surface area contributed by atoms with Gasteiger partial charge in [-0.05, 0) is 0 Å².